The summed E-state index contributed by atoms with van der Waals surface area (Å²) in [7, 11) is 1.62. The van der Waals surface area contributed by atoms with Gasteiger partial charge in [0, 0.05) is 15.6 Å². The van der Waals surface area contributed by atoms with Gasteiger partial charge in [-0.15, -0.1) is 0 Å². The van der Waals surface area contributed by atoms with E-state index in [2.05, 4.69) is 15.9 Å². The van der Waals surface area contributed by atoms with Gasteiger partial charge >= 0.3 is 0 Å². The van der Waals surface area contributed by atoms with Gasteiger partial charge < -0.3 is 4.74 Å². The minimum Gasteiger partial charge on any atom is -0.497 e. The Kier molecular flexibility index (Phi) is 5.83. The topological polar surface area (TPSA) is 41.9 Å². The van der Waals surface area contributed by atoms with E-state index in [1.165, 1.54) is 12.8 Å². The fourth-order valence-electron chi connectivity index (χ4n) is 4.17. The lowest BCUT2D eigenvalue weighted by molar-refractivity contribution is 0.0692. The average molecular weight is 471 g/mol. The molecule has 6 heteroatoms. The summed E-state index contributed by atoms with van der Waals surface area (Å²) in [6.45, 7) is 0. The molecule has 0 atom stereocenters. The highest BCUT2D eigenvalue weighted by atomic mass is 79.9. The standard InChI is InChI=1S/C23H23BrN2O2S/c1-28-19-12-8-17(9-13-19)21(27)26-22(29)20(16-6-10-18(24)11-7-16)25-23(26)14-4-2-3-5-15-23/h6-13H,2-5,14-15H2,1H3. The molecule has 1 aliphatic carbocycles. The van der Waals surface area contributed by atoms with Gasteiger partial charge in [-0.3, -0.25) is 14.7 Å². The SMILES string of the molecule is COc1ccc(C(=O)N2C(=S)C(c3ccc(Br)cc3)=NC23CCCCCC3)cc1. The molecule has 0 radical (unpaired) electrons. The number of carbonyl (C=O) groups is 1. The van der Waals surface area contributed by atoms with Crippen LogP contribution >= 0.6 is 28.1 Å². The lowest BCUT2D eigenvalue weighted by atomic mass is 9.99. The molecule has 2 aliphatic rings. The number of thiocarbonyl (C=S) groups is 1. The maximum atomic E-state index is 13.6. The third-order valence-electron chi connectivity index (χ3n) is 5.70. The Balaban J connectivity index is 1.75. The maximum Gasteiger partial charge on any atom is 0.260 e. The van der Waals surface area contributed by atoms with Crippen molar-refractivity contribution in [3.05, 3.63) is 64.1 Å². The van der Waals surface area contributed by atoms with Gasteiger partial charge in [-0.1, -0.05) is 53.1 Å². The Hall–Kier alpha value is -2.05. The number of carbonyl (C=O) groups excluding carboxylic acids is 1. The lowest BCUT2D eigenvalue weighted by Crippen LogP contribution is -2.49. The number of nitrogens with zero attached hydrogens (tertiary/aromatic N) is 2. The zero-order valence-corrected chi connectivity index (χ0v) is 18.8. The number of benzene rings is 2. The van der Waals surface area contributed by atoms with Crippen molar-refractivity contribution in [2.45, 2.75) is 44.2 Å². The molecular weight excluding hydrogens is 448 g/mol. The quantitative estimate of drug-likeness (QED) is 0.533. The van der Waals surface area contributed by atoms with Gasteiger partial charge in [-0.2, -0.15) is 0 Å². The third kappa shape index (κ3) is 3.88. The van der Waals surface area contributed by atoms with E-state index in [1.807, 2.05) is 36.4 Å². The summed E-state index contributed by atoms with van der Waals surface area (Å²) in [5.41, 5.74) is 1.72. The predicted octanol–water partition coefficient (Wildman–Crippen LogP) is 5.78. The summed E-state index contributed by atoms with van der Waals surface area (Å²) in [5.74, 6) is 0.636. The molecule has 150 valence electrons. The van der Waals surface area contributed by atoms with Crippen LogP contribution < -0.4 is 4.74 Å². The smallest absolute Gasteiger partial charge is 0.260 e. The highest BCUT2D eigenvalue weighted by Crippen LogP contribution is 2.40. The number of ether oxygens (including phenoxy) is 1. The molecule has 0 saturated heterocycles. The van der Waals surface area contributed by atoms with Crippen LogP contribution in [-0.4, -0.2) is 34.3 Å². The first-order valence-electron chi connectivity index (χ1n) is 9.93. The summed E-state index contributed by atoms with van der Waals surface area (Å²) >= 11 is 9.32. The van der Waals surface area contributed by atoms with E-state index in [-0.39, 0.29) is 5.91 Å². The first-order valence-corrected chi connectivity index (χ1v) is 11.1. The molecule has 29 heavy (non-hydrogen) atoms. The number of hydrogen-bond donors (Lipinski definition) is 0. The molecule has 0 aromatic heterocycles. The van der Waals surface area contributed by atoms with E-state index in [0.29, 0.717) is 10.6 Å². The van der Waals surface area contributed by atoms with E-state index in [0.717, 1.165) is 47.2 Å². The van der Waals surface area contributed by atoms with E-state index >= 15 is 0 Å². The molecule has 1 amide bonds. The van der Waals surface area contributed by atoms with Crippen LogP contribution in [0.3, 0.4) is 0 Å². The van der Waals surface area contributed by atoms with E-state index < -0.39 is 5.66 Å². The average Bonchev–Trinajstić information content (AvgIpc) is 2.87. The van der Waals surface area contributed by atoms with E-state index in [1.54, 1.807) is 24.1 Å². The van der Waals surface area contributed by atoms with Gasteiger partial charge in [-0.25, -0.2) is 0 Å². The van der Waals surface area contributed by atoms with Crippen molar-refractivity contribution in [3.63, 3.8) is 0 Å². The van der Waals surface area contributed by atoms with Crippen molar-refractivity contribution >= 4 is 44.8 Å². The minimum atomic E-state index is -0.576. The maximum absolute atomic E-state index is 13.6. The predicted molar refractivity (Wildman–Crippen MR) is 123 cm³/mol. The second kappa shape index (κ2) is 8.36. The van der Waals surface area contributed by atoms with Crippen LogP contribution in [0.1, 0.15) is 54.4 Å². The van der Waals surface area contributed by atoms with Crippen LogP contribution in [0.25, 0.3) is 0 Å². The Labute approximate surface area is 185 Å². The molecule has 1 spiro atoms. The van der Waals surface area contributed by atoms with Crippen molar-refractivity contribution in [2.24, 2.45) is 4.99 Å². The van der Waals surface area contributed by atoms with Crippen molar-refractivity contribution in [3.8, 4) is 5.75 Å². The van der Waals surface area contributed by atoms with E-state index in [4.69, 9.17) is 21.9 Å². The Bertz CT molecular complexity index is 946. The number of aliphatic imine (C=N–C) groups is 1. The van der Waals surface area contributed by atoms with Crippen LogP contribution in [0.4, 0.5) is 0 Å². The van der Waals surface area contributed by atoms with Crippen molar-refractivity contribution in [1.82, 2.24) is 4.90 Å². The molecule has 1 aliphatic heterocycles. The molecule has 0 bridgehead atoms. The normalized spacial score (nSPS) is 18.5. The van der Waals surface area contributed by atoms with Gasteiger partial charge in [-0.05, 0) is 62.1 Å². The largest absolute Gasteiger partial charge is 0.497 e. The van der Waals surface area contributed by atoms with Crippen molar-refractivity contribution in [2.75, 3.05) is 7.11 Å². The molecule has 2 aromatic rings. The first kappa shape index (κ1) is 20.2. The minimum absolute atomic E-state index is 0.0876. The molecule has 1 heterocycles. The van der Waals surface area contributed by atoms with Crippen LogP contribution in [-0.2, 0) is 0 Å². The molecule has 1 fully saturated rings. The molecule has 0 N–H and O–H groups in total. The van der Waals surface area contributed by atoms with Crippen molar-refractivity contribution < 1.29 is 9.53 Å². The number of amides is 1. The summed E-state index contributed by atoms with van der Waals surface area (Å²) in [6, 6.07) is 15.2. The van der Waals surface area contributed by atoms with Gasteiger partial charge in [0.2, 0.25) is 0 Å². The van der Waals surface area contributed by atoms with Gasteiger partial charge in [0.05, 0.1) is 7.11 Å². The molecular formula is C23H23BrN2O2S. The van der Waals surface area contributed by atoms with Gasteiger partial charge in [0.15, 0.2) is 0 Å². The number of hydrogen-bond acceptors (Lipinski definition) is 4. The highest BCUT2D eigenvalue weighted by Gasteiger charge is 2.48. The Morgan fingerprint density at radius 3 is 2.24 bits per heavy atom. The molecule has 2 aromatic carbocycles. The van der Waals surface area contributed by atoms with Gasteiger partial charge in [0.1, 0.15) is 22.1 Å². The van der Waals surface area contributed by atoms with Crippen LogP contribution in [0.2, 0.25) is 0 Å². The number of methoxy groups -OCH3 is 1. The van der Waals surface area contributed by atoms with E-state index in [9.17, 15) is 4.79 Å². The van der Waals surface area contributed by atoms with Crippen LogP contribution in [0.15, 0.2) is 58.0 Å². The summed E-state index contributed by atoms with van der Waals surface area (Å²) in [5, 5.41) is 0. The van der Waals surface area contributed by atoms with Crippen LogP contribution in [0.5, 0.6) is 5.75 Å². The molecule has 4 rings (SSSR count). The van der Waals surface area contributed by atoms with Gasteiger partial charge in [0.25, 0.3) is 5.91 Å². The highest BCUT2D eigenvalue weighted by molar-refractivity contribution is 9.10. The third-order valence-corrected chi connectivity index (χ3v) is 6.61. The second-order valence-corrected chi connectivity index (χ2v) is 8.84. The summed E-state index contributed by atoms with van der Waals surface area (Å²) in [6.07, 6.45) is 6.12. The fraction of sp³-hybridized carbons (Fsp3) is 0.348. The monoisotopic (exact) mass is 470 g/mol. The lowest BCUT2D eigenvalue weighted by Gasteiger charge is -2.35. The Morgan fingerprint density at radius 2 is 1.66 bits per heavy atom. The first-order chi connectivity index (χ1) is 14.0. The zero-order valence-electron chi connectivity index (χ0n) is 16.4. The fourth-order valence-corrected chi connectivity index (χ4v) is 4.85. The van der Waals surface area contributed by atoms with Crippen LogP contribution in [0, 0.1) is 0 Å². The van der Waals surface area contributed by atoms with Crippen molar-refractivity contribution in [1.29, 1.82) is 0 Å². The molecule has 1 saturated carbocycles. The Morgan fingerprint density at radius 1 is 1.03 bits per heavy atom. The second-order valence-electron chi connectivity index (χ2n) is 7.54. The summed E-state index contributed by atoms with van der Waals surface area (Å²) in [4.78, 5) is 21.0. The molecule has 4 nitrogen and oxygen atoms in total. The summed E-state index contributed by atoms with van der Waals surface area (Å²) < 4.78 is 6.23. The number of rotatable bonds is 3. The molecule has 0 unspecified atom stereocenters. The number of halogens is 1. The zero-order chi connectivity index (χ0) is 20.4.